The molecule has 3 aromatic rings. The van der Waals surface area contributed by atoms with Crippen LogP contribution in [0.15, 0.2) is 48.5 Å². The summed E-state index contributed by atoms with van der Waals surface area (Å²) in [7, 11) is 0. The van der Waals surface area contributed by atoms with Crippen LogP contribution in [0.25, 0.3) is 10.9 Å². The van der Waals surface area contributed by atoms with E-state index >= 15 is 0 Å². The summed E-state index contributed by atoms with van der Waals surface area (Å²) in [5, 5.41) is 1.17. The molecule has 0 bridgehead atoms. The summed E-state index contributed by atoms with van der Waals surface area (Å²) in [5.41, 5.74) is 4.16. The molecule has 0 saturated carbocycles. The Bertz CT molecular complexity index is 1070. The second kappa shape index (κ2) is 6.71. The molecule has 142 valence electrons. The number of hydrogen-bond acceptors (Lipinski definition) is 3. The highest BCUT2D eigenvalue weighted by Crippen LogP contribution is 2.32. The third-order valence-electron chi connectivity index (χ3n) is 5.56. The summed E-state index contributed by atoms with van der Waals surface area (Å²) in [4.78, 5) is 32.6. The Morgan fingerprint density at radius 3 is 2.82 bits per heavy atom. The van der Waals surface area contributed by atoms with E-state index in [9.17, 15) is 9.59 Å². The molecule has 0 fully saturated rings. The van der Waals surface area contributed by atoms with Crippen LogP contribution in [-0.2, 0) is 22.6 Å². The average Bonchev–Trinajstić information content (AvgIpc) is 3.02. The smallest absolute Gasteiger partial charge is 0.242 e. The highest BCUT2D eigenvalue weighted by Gasteiger charge is 2.29. The van der Waals surface area contributed by atoms with E-state index in [1.54, 1.807) is 4.90 Å². The number of para-hydroxylation sites is 3. The summed E-state index contributed by atoms with van der Waals surface area (Å²) in [6, 6.07) is 15.6. The molecule has 2 aliphatic rings. The maximum Gasteiger partial charge on any atom is 0.242 e. The van der Waals surface area contributed by atoms with Gasteiger partial charge in [0.1, 0.15) is 12.3 Å². The van der Waals surface area contributed by atoms with Gasteiger partial charge in [-0.25, -0.2) is 0 Å². The Hall–Kier alpha value is -3.28. The fourth-order valence-corrected chi connectivity index (χ4v) is 4.11. The zero-order valence-electron chi connectivity index (χ0n) is 15.5. The highest BCUT2D eigenvalue weighted by molar-refractivity contribution is 6.00. The molecule has 0 unspecified atom stereocenters. The second-order valence-electron chi connectivity index (χ2n) is 7.24. The lowest BCUT2D eigenvalue weighted by molar-refractivity contribution is -0.132. The van der Waals surface area contributed by atoms with Gasteiger partial charge in [-0.1, -0.05) is 30.3 Å². The van der Waals surface area contributed by atoms with E-state index in [2.05, 4.69) is 17.1 Å². The van der Waals surface area contributed by atoms with Gasteiger partial charge in [-0.15, -0.1) is 0 Å². The normalized spacial score (nSPS) is 16.4. The van der Waals surface area contributed by atoms with Crippen molar-refractivity contribution < 1.29 is 14.3 Å². The maximum atomic E-state index is 13.1. The number of hydrogen-bond donors (Lipinski definition) is 1. The van der Waals surface area contributed by atoms with E-state index < -0.39 is 0 Å². The molecular formula is C22H21N3O3. The molecule has 0 aliphatic carbocycles. The minimum Gasteiger partial charge on any atom is -0.491 e. The zero-order chi connectivity index (χ0) is 19.1. The Kier molecular flexibility index (Phi) is 4.04. The molecule has 6 heteroatoms. The number of ether oxygens (including phenoxy) is 1. The van der Waals surface area contributed by atoms with Crippen molar-refractivity contribution in [2.24, 2.45) is 0 Å². The Morgan fingerprint density at radius 1 is 1.07 bits per heavy atom. The van der Waals surface area contributed by atoms with Crippen molar-refractivity contribution in [2.45, 2.75) is 19.4 Å². The number of H-pyrrole nitrogens is 1. The van der Waals surface area contributed by atoms with Crippen LogP contribution >= 0.6 is 0 Å². The fourth-order valence-electron chi connectivity index (χ4n) is 4.11. The molecule has 0 radical (unpaired) electrons. The van der Waals surface area contributed by atoms with E-state index in [4.69, 9.17) is 4.74 Å². The van der Waals surface area contributed by atoms with Crippen molar-refractivity contribution in [1.82, 2.24) is 9.88 Å². The first-order chi connectivity index (χ1) is 13.7. The number of anilines is 1. The van der Waals surface area contributed by atoms with Crippen molar-refractivity contribution in [3.8, 4) is 5.75 Å². The quantitative estimate of drug-likeness (QED) is 0.749. The number of fused-ring (bicyclic) bond motifs is 4. The van der Waals surface area contributed by atoms with Crippen LogP contribution < -0.4 is 9.64 Å². The SMILES string of the molecule is O=C(CN1C(=O)CCOc2ccccc21)N1CCc2[nH]c3ccccc3c2C1. The summed E-state index contributed by atoms with van der Waals surface area (Å²) >= 11 is 0. The molecule has 2 aliphatic heterocycles. The van der Waals surface area contributed by atoms with Gasteiger partial charge >= 0.3 is 0 Å². The molecule has 1 aromatic heterocycles. The van der Waals surface area contributed by atoms with Crippen molar-refractivity contribution in [3.63, 3.8) is 0 Å². The third kappa shape index (κ3) is 2.81. The monoisotopic (exact) mass is 375 g/mol. The molecule has 2 aromatic carbocycles. The number of benzene rings is 2. The number of amides is 2. The number of carbonyl (C=O) groups excluding carboxylic acids is 2. The average molecular weight is 375 g/mol. The zero-order valence-corrected chi connectivity index (χ0v) is 15.5. The first kappa shape index (κ1) is 16.9. The molecule has 28 heavy (non-hydrogen) atoms. The van der Waals surface area contributed by atoms with Gasteiger partial charge in [0.2, 0.25) is 11.8 Å². The molecule has 2 amide bonds. The lowest BCUT2D eigenvalue weighted by Crippen LogP contribution is -2.44. The Morgan fingerprint density at radius 2 is 1.89 bits per heavy atom. The number of rotatable bonds is 2. The first-order valence-corrected chi connectivity index (χ1v) is 9.59. The molecular weight excluding hydrogens is 354 g/mol. The number of nitrogens with zero attached hydrogens (tertiary/aromatic N) is 2. The van der Waals surface area contributed by atoms with Crippen LogP contribution in [0.3, 0.4) is 0 Å². The van der Waals surface area contributed by atoms with Crippen LogP contribution in [0.2, 0.25) is 0 Å². The fraction of sp³-hybridized carbons (Fsp3) is 0.273. The summed E-state index contributed by atoms with van der Waals surface area (Å²) in [6.45, 7) is 1.59. The molecule has 0 saturated heterocycles. The number of aromatic amines is 1. The van der Waals surface area contributed by atoms with Gasteiger partial charge in [-0.2, -0.15) is 0 Å². The third-order valence-corrected chi connectivity index (χ3v) is 5.56. The Labute approximate surface area is 162 Å². The van der Waals surface area contributed by atoms with Crippen LogP contribution in [0.1, 0.15) is 17.7 Å². The van der Waals surface area contributed by atoms with Gasteiger partial charge in [0.05, 0.1) is 18.7 Å². The van der Waals surface area contributed by atoms with Crippen molar-refractivity contribution in [3.05, 3.63) is 59.8 Å². The molecule has 0 spiro atoms. The summed E-state index contributed by atoms with van der Waals surface area (Å²) in [5.74, 6) is 0.530. The van der Waals surface area contributed by atoms with Gasteiger partial charge < -0.3 is 14.6 Å². The lowest BCUT2D eigenvalue weighted by Gasteiger charge is -2.30. The van der Waals surface area contributed by atoms with Crippen LogP contribution in [0, 0.1) is 0 Å². The van der Waals surface area contributed by atoms with Crippen LogP contribution in [-0.4, -0.2) is 41.4 Å². The molecule has 3 heterocycles. The predicted molar refractivity (Wildman–Crippen MR) is 106 cm³/mol. The van der Waals surface area contributed by atoms with E-state index in [1.165, 1.54) is 16.6 Å². The van der Waals surface area contributed by atoms with Crippen LogP contribution in [0.4, 0.5) is 5.69 Å². The molecule has 1 N–H and O–H groups in total. The predicted octanol–water partition coefficient (Wildman–Crippen LogP) is 2.87. The topological polar surface area (TPSA) is 65.6 Å². The standard InChI is InChI=1S/C22H21N3O3/c26-21-10-12-28-20-8-4-3-7-19(20)25(21)14-22(27)24-11-9-18-16(13-24)15-5-1-2-6-17(15)23-18/h1-8,23H,9-14H2. The van der Waals surface area contributed by atoms with Crippen molar-refractivity contribution >= 4 is 28.4 Å². The van der Waals surface area contributed by atoms with Crippen molar-refractivity contribution in [2.75, 3.05) is 24.6 Å². The van der Waals surface area contributed by atoms with E-state index in [1.807, 2.05) is 41.3 Å². The second-order valence-corrected chi connectivity index (χ2v) is 7.24. The molecule has 5 rings (SSSR count). The van der Waals surface area contributed by atoms with Crippen LogP contribution in [0.5, 0.6) is 5.75 Å². The first-order valence-electron chi connectivity index (χ1n) is 9.59. The maximum absolute atomic E-state index is 13.1. The minimum absolute atomic E-state index is 0.0386. The van der Waals surface area contributed by atoms with Gasteiger partial charge in [-0.05, 0) is 18.2 Å². The van der Waals surface area contributed by atoms with E-state index in [0.29, 0.717) is 31.1 Å². The van der Waals surface area contributed by atoms with Crippen molar-refractivity contribution in [1.29, 1.82) is 0 Å². The lowest BCUT2D eigenvalue weighted by atomic mass is 10.0. The number of aromatic nitrogens is 1. The molecule has 6 nitrogen and oxygen atoms in total. The van der Waals surface area contributed by atoms with E-state index in [-0.39, 0.29) is 24.8 Å². The van der Waals surface area contributed by atoms with E-state index in [0.717, 1.165) is 11.9 Å². The molecule has 0 atom stereocenters. The van der Waals surface area contributed by atoms with Gasteiger partial charge in [0.25, 0.3) is 0 Å². The largest absolute Gasteiger partial charge is 0.491 e. The summed E-state index contributed by atoms with van der Waals surface area (Å²) < 4.78 is 5.67. The highest BCUT2D eigenvalue weighted by atomic mass is 16.5. The number of carbonyl (C=O) groups is 2. The summed E-state index contributed by atoms with van der Waals surface area (Å²) in [6.07, 6.45) is 1.07. The number of nitrogens with one attached hydrogen (secondary N) is 1. The van der Waals surface area contributed by atoms with Gasteiger partial charge in [0, 0.05) is 41.7 Å². The minimum atomic E-state index is -0.0805. The Balaban J connectivity index is 1.39. The van der Waals surface area contributed by atoms with Gasteiger partial charge in [0.15, 0.2) is 0 Å². The van der Waals surface area contributed by atoms with Gasteiger partial charge in [-0.3, -0.25) is 14.5 Å².